The van der Waals surface area contributed by atoms with Gasteiger partial charge in [-0.2, -0.15) is 0 Å². The largest absolute Gasteiger partial charge is 0.469 e. The van der Waals surface area contributed by atoms with Crippen LogP contribution in [0.25, 0.3) is 0 Å². The van der Waals surface area contributed by atoms with Gasteiger partial charge in [-0.25, -0.2) is 10.5 Å². The fourth-order valence-electron chi connectivity index (χ4n) is 4.10. The van der Waals surface area contributed by atoms with Crippen LogP contribution in [0.2, 0.25) is 0 Å². The van der Waals surface area contributed by atoms with Crippen LogP contribution in [0, 0.1) is 5.92 Å². The van der Waals surface area contributed by atoms with Crippen LogP contribution < -0.4 is 5.90 Å². The number of phosphoric ester groups is 1. The van der Waals surface area contributed by atoms with Crippen molar-refractivity contribution in [2.45, 2.75) is 162 Å². The molecule has 0 rings (SSSR count). The van der Waals surface area contributed by atoms with Gasteiger partial charge in [0, 0.05) is 0 Å². The number of unbranched alkanes of at least 4 members (excludes halogenated alkanes) is 19. The molecule has 0 aliphatic heterocycles. The summed E-state index contributed by atoms with van der Waals surface area (Å²) < 4.78 is 14.8. The lowest BCUT2D eigenvalue weighted by molar-refractivity contribution is 0.133. The summed E-state index contributed by atoms with van der Waals surface area (Å²) in [6, 6.07) is 0. The summed E-state index contributed by atoms with van der Waals surface area (Å²) >= 11 is 0. The predicted molar refractivity (Wildman–Crippen MR) is 150 cm³/mol. The van der Waals surface area contributed by atoms with Gasteiger partial charge in [-0.1, -0.05) is 149 Å². The van der Waals surface area contributed by atoms with Gasteiger partial charge in [-0.3, -0.25) is 4.52 Å². The predicted octanol–water partition coefficient (Wildman–Crippen LogP) is 9.23. The summed E-state index contributed by atoms with van der Waals surface area (Å²) in [6.45, 7) is 7.73. The van der Waals surface area contributed by atoms with Gasteiger partial charge in [0.25, 0.3) is 0 Å². The zero-order valence-corrected chi connectivity index (χ0v) is 24.6. The molecule has 0 atom stereocenters. The lowest BCUT2D eigenvalue weighted by atomic mass is 10.0. The molecule has 0 spiro atoms. The molecule has 0 radical (unpaired) electrons. The molecule has 0 saturated carbocycles. The molecule has 0 aromatic carbocycles. The summed E-state index contributed by atoms with van der Waals surface area (Å²) in [5.41, 5.74) is 0. The van der Waals surface area contributed by atoms with Crippen molar-refractivity contribution >= 4 is 7.82 Å². The molecule has 4 N–H and O–H groups in total. The molecular formula is C28H62NO5P. The molecule has 0 heterocycles. The smallest absolute Gasteiger partial charge is 0.305 e. The summed E-state index contributed by atoms with van der Waals surface area (Å²) in [4.78, 5) is 21.5. The van der Waals surface area contributed by atoms with Gasteiger partial charge >= 0.3 is 7.82 Å². The van der Waals surface area contributed by atoms with Crippen molar-refractivity contribution in [3.63, 3.8) is 0 Å². The third-order valence-corrected chi connectivity index (χ3v) is 6.82. The zero-order chi connectivity index (χ0) is 26.5. The molecule has 35 heavy (non-hydrogen) atoms. The third kappa shape index (κ3) is 41.4. The molecule has 0 saturated heterocycles. The van der Waals surface area contributed by atoms with E-state index in [2.05, 4.69) is 30.1 Å². The second-order valence-corrected chi connectivity index (χ2v) is 11.7. The topological polar surface area (TPSA) is 102 Å². The minimum atomic E-state index is -4.25. The highest BCUT2D eigenvalue weighted by Crippen LogP contribution is 2.35. The second kappa shape index (κ2) is 30.3. The molecule has 0 aliphatic carbocycles. The van der Waals surface area contributed by atoms with Gasteiger partial charge in [0.1, 0.15) is 0 Å². The van der Waals surface area contributed by atoms with Crippen molar-refractivity contribution in [1.82, 2.24) is 0 Å². The molecule has 0 amide bonds. The van der Waals surface area contributed by atoms with E-state index in [0.29, 0.717) is 0 Å². The highest BCUT2D eigenvalue weighted by Gasteiger charge is 2.12. The minimum absolute atomic E-state index is 0.167. The van der Waals surface area contributed by atoms with E-state index in [-0.39, 0.29) is 6.61 Å². The Morgan fingerprint density at radius 1 is 0.600 bits per heavy atom. The van der Waals surface area contributed by atoms with Crippen LogP contribution in [0.1, 0.15) is 162 Å². The molecule has 6 nitrogen and oxygen atoms in total. The first-order chi connectivity index (χ1) is 16.8. The van der Waals surface area contributed by atoms with Crippen LogP contribution >= 0.6 is 7.82 Å². The quantitative estimate of drug-likeness (QED) is 0.0593. The summed E-state index contributed by atoms with van der Waals surface area (Å²) in [5, 5.41) is 0. The normalized spacial score (nSPS) is 11.6. The molecule has 0 fully saturated rings. The second-order valence-electron chi connectivity index (χ2n) is 10.4. The Balaban J connectivity index is 0. The monoisotopic (exact) mass is 523 g/mol. The Labute approximate surface area is 218 Å². The van der Waals surface area contributed by atoms with Crippen molar-refractivity contribution in [3.05, 3.63) is 0 Å². The SMILES string of the molecule is CC(C)CCCCCCCCCCCCCOP(=O)(O)O.CCCCCCCCCCCCON. The van der Waals surface area contributed by atoms with Gasteiger partial charge < -0.3 is 14.6 Å². The van der Waals surface area contributed by atoms with E-state index in [1.165, 1.54) is 116 Å². The summed E-state index contributed by atoms with van der Waals surface area (Å²) in [5.74, 6) is 5.78. The molecule has 0 unspecified atom stereocenters. The van der Waals surface area contributed by atoms with Gasteiger partial charge in [0.2, 0.25) is 0 Å². The third-order valence-electron chi connectivity index (χ3n) is 6.30. The van der Waals surface area contributed by atoms with Crippen LogP contribution in [0.5, 0.6) is 0 Å². The number of hydrogen-bond acceptors (Lipinski definition) is 4. The molecule has 0 bridgehead atoms. The molecule has 0 aromatic heterocycles. The van der Waals surface area contributed by atoms with E-state index in [0.717, 1.165) is 38.2 Å². The number of rotatable bonds is 26. The first-order valence-electron chi connectivity index (χ1n) is 14.8. The molecule has 0 aromatic rings. The van der Waals surface area contributed by atoms with Gasteiger partial charge in [0.15, 0.2) is 0 Å². The van der Waals surface area contributed by atoms with E-state index in [1.54, 1.807) is 0 Å². The van der Waals surface area contributed by atoms with Gasteiger partial charge in [-0.05, 0) is 18.8 Å². The number of hydrogen-bond donors (Lipinski definition) is 3. The highest BCUT2D eigenvalue weighted by atomic mass is 31.2. The van der Waals surface area contributed by atoms with Crippen LogP contribution in [0.4, 0.5) is 0 Å². The van der Waals surface area contributed by atoms with Crippen molar-refractivity contribution in [2.75, 3.05) is 13.2 Å². The van der Waals surface area contributed by atoms with Crippen molar-refractivity contribution < 1.29 is 23.7 Å². The van der Waals surface area contributed by atoms with Crippen LogP contribution in [-0.2, 0) is 13.9 Å². The lowest BCUT2D eigenvalue weighted by Crippen LogP contribution is -2.00. The first kappa shape index (κ1) is 37.2. The summed E-state index contributed by atoms with van der Waals surface area (Å²) in [6.07, 6.45) is 28.5. The molecule has 7 heteroatoms. The van der Waals surface area contributed by atoms with E-state index in [4.69, 9.17) is 15.7 Å². The fourth-order valence-corrected chi connectivity index (χ4v) is 4.47. The van der Waals surface area contributed by atoms with Gasteiger partial charge in [0.05, 0.1) is 13.2 Å². The van der Waals surface area contributed by atoms with Crippen molar-refractivity contribution in [1.29, 1.82) is 0 Å². The Kier molecular flexibility index (Phi) is 32.1. The first-order valence-corrected chi connectivity index (χ1v) is 16.4. The Morgan fingerprint density at radius 3 is 1.29 bits per heavy atom. The highest BCUT2D eigenvalue weighted by molar-refractivity contribution is 7.46. The Morgan fingerprint density at radius 2 is 0.943 bits per heavy atom. The maximum Gasteiger partial charge on any atom is 0.469 e. The molecular weight excluding hydrogens is 461 g/mol. The maximum absolute atomic E-state index is 10.4. The number of phosphoric acid groups is 1. The Hall–Kier alpha value is 0.0300. The molecule has 0 aliphatic rings. The number of nitrogens with two attached hydrogens (primary N) is 1. The maximum atomic E-state index is 10.4. The van der Waals surface area contributed by atoms with E-state index < -0.39 is 7.82 Å². The average molecular weight is 524 g/mol. The Bertz CT molecular complexity index is 420. The van der Waals surface area contributed by atoms with Crippen LogP contribution in [0.3, 0.4) is 0 Å². The van der Waals surface area contributed by atoms with Gasteiger partial charge in [-0.15, -0.1) is 0 Å². The lowest BCUT2D eigenvalue weighted by Gasteiger charge is -2.05. The standard InChI is InChI=1S/C16H35O4P.C12H27NO/c1-16(2)14-12-10-8-6-4-3-5-7-9-11-13-15-20-21(17,18)19;1-2-3-4-5-6-7-8-9-10-11-12-14-13/h16H,3-15H2,1-2H3,(H2,17,18,19);2-13H2,1H3. The zero-order valence-electron chi connectivity index (χ0n) is 23.7. The van der Waals surface area contributed by atoms with Crippen molar-refractivity contribution in [3.8, 4) is 0 Å². The van der Waals surface area contributed by atoms with Crippen LogP contribution in [0.15, 0.2) is 0 Å². The molecule has 214 valence electrons. The fraction of sp³-hybridized carbons (Fsp3) is 1.00. The average Bonchev–Trinajstić information content (AvgIpc) is 2.80. The van der Waals surface area contributed by atoms with Crippen molar-refractivity contribution in [2.24, 2.45) is 11.8 Å². The van der Waals surface area contributed by atoms with Crippen LogP contribution in [-0.4, -0.2) is 23.0 Å². The van der Waals surface area contributed by atoms with E-state index in [1.807, 2.05) is 0 Å². The summed E-state index contributed by atoms with van der Waals surface area (Å²) in [7, 11) is -4.25. The minimum Gasteiger partial charge on any atom is -0.305 e. The van der Waals surface area contributed by atoms with E-state index in [9.17, 15) is 4.57 Å². The van der Waals surface area contributed by atoms with E-state index >= 15 is 0 Å².